The van der Waals surface area contributed by atoms with Crippen LogP contribution in [-0.4, -0.2) is 16.7 Å². The molecule has 0 aliphatic rings. The number of nitrogens with zero attached hydrogens (tertiary/aromatic N) is 2. The summed E-state index contributed by atoms with van der Waals surface area (Å²) in [6.45, 7) is 8.04. The molecular formula is C14H19N3OS. The molecule has 0 fully saturated rings. The van der Waals surface area contributed by atoms with Crippen LogP contribution in [0.3, 0.4) is 0 Å². The van der Waals surface area contributed by atoms with Crippen molar-refractivity contribution in [1.82, 2.24) is 15.5 Å². The fraction of sp³-hybridized carbons (Fsp3) is 0.429. The van der Waals surface area contributed by atoms with Crippen LogP contribution in [0.15, 0.2) is 32.7 Å². The molecule has 1 aromatic carbocycles. The predicted molar refractivity (Wildman–Crippen MR) is 76.3 cm³/mol. The summed E-state index contributed by atoms with van der Waals surface area (Å²) in [7, 11) is 0. The highest BCUT2D eigenvalue weighted by Gasteiger charge is 2.07. The van der Waals surface area contributed by atoms with Gasteiger partial charge in [-0.05, 0) is 48.8 Å². The Hall–Kier alpha value is -1.33. The molecule has 0 amide bonds. The highest BCUT2D eigenvalue weighted by Crippen LogP contribution is 2.29. The van der Waals surface area contributed by atoms with Crippen LogP contribution in [0.1, 0.15) is 30.4 Å². The first-order valence-corrected chi connectivity index (χ1v) is 7.29. The van der Waals surface area contributed by atoms with Crippen molar-refractivity contribution in [3.05, 3.63) is 35.2 Å². The maximum absolute atomic E-state index is 5.38. The zero-order valence-electron chi connectivity index (χ0n) is 11.6. The van der Waals surface area contributed by atoms with Gasteiger partial charge in [0.05, 0.1) is 0 Å². The van der Waals surface area contributed by atoms with Crippen LogP contribution in [0, 0.1) is 13.8 Å². The SMILES string of the molecule is CCCNCc1ccc(Sc2nnc(C)o2)c(C)c1. The summed E-state index contributed by atoms with van der Waals surface area (Å²) < 4.78 is 5.38. The lowest BCUT2D eigenvalue weighted by atomic mass is 10.1. The second-order valence-electron chi connectivity index (χ2n) is 4.47. The summed E-state index contributed by atoms with van der Waals surface area (Å²) in [5.41, 5.74) is 2.54. The first-order chi connectivity index (χ1) is 9.19. The molecule has 0 saturated carbocycles. The Labute approximate surface area is 118 Å². The molecule has 0 spiro atoms. The number of hydrogen-bond acceptors (Lipinski definition) is 5. The number of aryl methyl sites for hydroxylation is 2. The van der Waals surface area contributed by atoms with Gasteiger partial charge in [-0.15, -0.1) is 10.2 Å². The van der Waals surface area contributed by atoms with Crippen molar-refractivity contribution in [2.75, 3.05) is 6.54 Å². The van der Waals surface area contributed by atoms with Crippen LogP contribution in [0.4, 0.5) is 0 Å². The molecule has 0 aliphatic heterocycles. The summed E-state index contributed by atoms with van der Waals surface area (Å²) >= 11 is 1.51. The van der Waals surface area contributed by atoms with Crippen molar-refractivity contribution in [3.8, 4) is 0 Å². The first-order valence-electron chi connectivity index (χ1n) is 6.47. The topological polar surface area (TPSA) is 51.0 Å². The third-order valence-corrected chi connectivity index (χ3v) is 3.72. The van der Waals surface area contributed by atoms with E-state index in [-0.39, 0.29) is 0 Å². The molecule has 2 rings (SSSR count). The van der Waals surface area contributed by atoms with Crippen LogP contribution in [0.25, 0.3) is 0 Å². The van der Waals surface area contributed by atoms with Gasteiger partial charge in [-0.3, -0.25) is 0 Å². The van der Waals surface area contributed by atoms with Gasteiger partial charge in [-0.2, -0.15) is 0 Å². The minimum absolute atomic E-state index is 0.595. The average Bonchev–Trinajstić information content (AvgIpc) is 2.79. The number of rotatable bonds is 6. The lowest BCUT2D eigenvalue weighted by Gasteiger charge is -2.07. The van der Waals surface area contributed by atoms with Crippen molar-refractivity contribution in [2.45, 2.75) is 43.9 Å². The van der Waals surface area contributed by atoms with Crippen LogP contribution in [0.5, 0.6) is 0 Å². The molecule has 0 unspecified atom stereocenters. The molecule has 19 heavy (non-hydrogen) atoms. The average molecular weight is 277 g/mol. The smallest absolute Gasteiger partial charge is 0.281 e. The Morgan fingerprint density at radius 3 is 2.74 bits per heavy atom. The Morgan fingerprint density at radius 1 is 1.26 bits per heavy atom. The van der Waals surface area contributed by atoms with Gasteiger partial charge in [0.2, 0.25) is 5.89 Å². The molecule has 0 atom stereocenters. The summed E-state index contributed by atoms with van der Waals surface area (Å²) in [5, 5.41) is 11.8. The van der Waals surface area contributed by atoms with E-state index in [0.717, 1.165) is 24.4 Å². The van der Waals surface area contributed by atoms with Gasteiger partial charge in [-0.25, -0.2) is 0 Å². The highest BCUT2D eigenvalue weighted by atomic mass is 32.2. The van der Waals surface area contributed by atoms with E-state index in [2.05, 4.69) is 47.6 Å². The van der Waals surface area contributed by atoms with Gasteiger partial charge in [0.15, 0.2) is 0 Å². The molecule has 0 saturated heterocycles. The van der Waals surface area contributed by atoms with E-state index >= 15 is 0 Å². The summed E-state index contributed by atoms with van der Waals surface area (Å²) in [4.78, 5) is 1.16. The largest absolute Gasteiger partial charge is 0.416 e. The van der Waals surface area contributed by atoms with Gasteiger partial charge < -0.3 is 9.73 Å². The van der Waals surface area contributed by atoms with Crippen molar-refractivity contribution in [1.29, 1.82) is 0 Å². The molecule has 102 valence electrons. The molecule has 2 aromatic rings. The Balaban J connectivity index is 2.02. The first kappa shape index (κ1) is 14.1. The molecular weight excluding hydrogens is 258 g/mol. The van der Waals surface area contributed by atoms with E-state index < -0.39 is 0 Å². The zero-order chi connectivity index (χ0) is 13.7. The second kappa shape index (κ2) is 6.73. The summed E-state index contributed by atoms with van der Waals surface area (Å²) in [6, 6.07) is 6.46. The van der Waals surface area contributed by atoms with Gasteiger partial charge in [-0.1, -0.05) is 19.1 Å². The minimum Gasteiger partial charge on any atom is -0.416 e. The third-order valence-electron chi connectivity index (χ3n) is 2.70. The molecule has 0 radical (unpaired) electrons. The lowest BCUT2D eigenvalue weighted by molar-refractivity contribution is 0.429. The van der Waals surface area contributed by atoms with Gasteiger partial charge in [0.25, 0.3) is 5.22 Å². The van der Waals surface area contributed by atoms with Crippen LogP contribution < -0.4 is 5.32 Å². The number of hydrogen-bond donors (Lipinski definition) is 1. The van der Waals surface area contributed by atoms with E-state index in [4.69, 9.17) is 4.42 Å². The van der Waals surface area contributed by atoms with Gasteiger partial charge in [0.1, 0.15) is 0 Å². The molecule has 5 heteroatoms. The van der Waals surface area contributed by atoms with Crippen LogP contribution >= 0.6 is 11.8 Å². The Bertz CT molecular complexity index is 539. The third kappa shape index (κ3) is 4.08. The molecule has 0 bridgehead atoms. The maximum Gasteiger partial charge on any atom is 0.281 e. The minimum atomic E-state index is 0.595. The van der Waals surface area contributed by atoms with E-state index in [1.54, 1.807) is 6.92 Å². The van der Waals surface area contributed by atoms with Crippen LogP contribution in [0.2, 0.25) is 0 Å². The number of nitrogens with one attached hydrogen (secondary N) is 1. The van der Waals surface area contributed by atoms with E-state index in [1.807, 2.05) is 0 Å². The summed E-state index contributed by atoms with van der Waals surface area (Å²) in [5.74, 6) is 0.598. The Kier molecular flexibility index (Phi) is 4.99. The van der Waals surface area contributed by atoms with E-state index in [0.29, 0.717) is 11.1 Å². The number of aromatic nitrogens is 2. The molecule has 1 aromatic heterocycles. The zero-order valence-corrected chi connectivity index (χ0v) is 12.4. The van der Waals surface area contributed by atoms with Gasteiger partial charge in [0, 0.05) is 18.4 Å². The fourth-order valence-corrected chi connectivity index (χ4v) is 2.55. The maximum atomic E-state index is 5.38. The highest BCUT2D eigenvalue weighted by molar-refractivity contribution is 7.99. The molecule has 1 heterocycles. The molecule has 4 nitrogen and oxygen atoms in total. The summed E-state index contributed by atoms with van der Waals surface area (Å²) in [6.07, 6.45) is 1.16. The lowest BCUT2D eigenvalue weighted by Crippen LogP contribution is -2.13. The van der Waals surface area contributed by atoms with Crippen molar-refractivity contribution in [3.63, 3.8) is 0 Å². The normalized spacial score (nSPS) is 10.9. The Morgan fingerprint density at radius 2 is 2.11 bits per heavy atom. The molecule has 0 aliphatic carbocycles. The number of benzene rings is 1. The fourth-order valence-electron chi connectivity index (χ4n) is 1.76. The van der Waals surface area contributed by atoms with Crippen LogP contribution in [-0.2, 0) is 6.54 Å². The monoisotopic (exact) mass is 277 g/mol. The standard InChI is InChI=1S/C14H19N3OS/c1-4-7-15-9-12-5-6-13(10(2)8-12)19-14-17-16-11(3)18-14/h5-6,8,15H,4,7,9H2,1-3H3. The van der Waals surface area contributed by atoms with E-state index in [1.165, 1.54) is 22.9 Å². The predicted octanol–water partition coefficient (Wildman–Crippen LogP) is 3.34. The quantitative estimate of drug-likeness (QED) is 0.821. The van der Waals surface area contributed by atoms with E-state index in [9.17, 15) is 0 Å². The van der Waals surface area contributed by atoms with Crippen molar-refractivity contribution < 1.29 is 4.42 Å². The second-order valence-corrected chi connectivity index (χ2v) is 5.46. The molecule has 1 N–H and O–H groups in total. The van der Waals surface area contributed by atoms with Crippen molar-refractivity contribution >= 4 is 11.8 Å². The van der Waals surface area contributed by atoms with Crippen molar-refractivity contribution in [2.24, 2.45) is 0 Å². The van der Waals surface area contributed by atoms with Gasteiger partial charge >= 0.3 is 0 Å².